The third-order valence-electron chi connectivity index (χ3n) is 5.74. The summed E-state index contributed by atoms with van der Waals surface area (Å²) in [7, 11) is 0. The van der Waals surface area contributed by atoms with Crippen LogP contribution < -0.4 is 5.32 Å². The number of anilines is 2. The van der Waals surface area contributed by atoms with Crippen molar-refractivity contribution in [3.8, 4) is 0 Å². The van der Waals surface area contributed by atoms with Crippen molar-refractivity contribution in [2.24, 2.45) is 0 Å². The van der Waals surface area contributed by atoms with Crippen LogP contribution in [0.2, 0.25) is 0 Å². The minimum Gasteiger partial charge on any atom is -0.355 e. The Balaban J connectivity index is 1.79. The molecule has 1 heterocycles. The van der Waals surface area contributed by atoms with Crippen LogP contribution in [0.4, 0.5) is 20.2 Å². The summed E-state index contributed by atoms with van der Waals surface area (Å²) in [5, 5.41) is 5.46. The van der Waals surface area contributed by atoms with E-state index in [1.807, 2.05) is 23.1 Å². The predicted octanol–water partition coefficient (Wildman–Crippen LogP) is 6.51. The lowest BCUT2D eigenvalue weighted by Gasteiger charge is -2.34. The predicted molar refractivity (Wildman–Crippen MR) is 113 cm³/mol. The van der Waals surface area contributed by atoms with Gasteiger partial charge >= 0.3 is 0 Å². The minimum atomic E-state index is -2.50. The van der Waals surface area contributed by atoms with E-state index in [1.54, 1.807) is 12.1 Å². The highest BCUT2D eigenvalue weighted by molar-refractivity contribution is 5.99. The summed E-state index contributed by atoms with van der Waals surface area (Å²) < 4.78 is 26.1. The fourth-order valence-electron chi connectivity index (χ4n) is 4.33. The van der Waals surface area contributed by atoms with Crippen molar-refractivity contribution in [1.82, 2.24) is 4.90 Å². The standard InChI is InChI=1S/C24H24F2N2O/c1-16-6-4-9-19-21(27-18-8-5-7-17(14-18)24(25)26)12-11-20(23(16)19)22-10-2-3-13-28(22)15-29/h4-9,11-12,14-15,22,24,27H,2-3,10,13H2,1H3. The Bertz CT molecular complexity index is 1030. The molecule has 1 unspecified atom stereocenters. The molecule has 0 radical (unpaired) electrons. The van der Waals surface area contributed by atoms with Crippen LogP contribution in [-0.4, -0.2) is 17.9 Å². The van der Waals surface area contributed by atoms with Gasteiger partial charge in [0.25, 0.3) is 6.43 Å². The van der Waals surface area contributed by atoms with Gasteiger partial charge < -0.3 is 10.2 Å². The van der Waals surface area contributed by atoms with Gasteiger partial charge in [0.2, 0.25) is 6.41 Å². The van der Waals surface area contributed by atoms with Crippen molar-refractivity contribution in [3.63, 3.8) is 0 Å². The van der Waals surface area contributed by atoms with E-state index >= 15 is 0 Å². The molecule has 3 aromatic carbocycles. The lowest BCUT2D eigenvalue weighted by Crippen LogP contribution is -2.32. The Morgan fingerprint density at radius 3 is 2.72 bits per heavy atom. The molecule has 0 saturated carbocycles. The zero-order chi connectivity index (χ0) is 20.4. The third-order valence-corrected chi connectivity index (χ3v) is 5.74. The van der Waals surface area contributed by atoms with Gasteiger partial charge in [-0.15, -0.1) is 0 Å². The Morgan fingerprint density at radius 2 is 1.93 bits per heavy atom. The molecule has 1 fully saturated rings. The number of fused-ring (bicyclic) bond motifs is 1. The normalized spacial score (nSPS) is 17.0. The SMILES string of the molecule is Cc1cccc2c(Nc3cccc(C(F)F)c3)ccc(C3CCCCN3C=O)c12. The van der Waals surface area contributed by atoms with Crippen LogP contribution in [0.25, 0.3) is 10.8 Å². The summed E-state index contributed by atoms with van der Waals surface area (Å²) in [5.74, 6) is 0. The molecule has 5 heteroatoms. The number of likely N-dealkylation sites (tertiary alicyclic amines) is 1. The van der Waals surface area contributed by atoms with Crippen molar-refractivity contribution in [3.05, 3.63) is 71.3 Å². The van der Waals surface area contributed by atoms with Crippen molar-refractivity contribution < 1.29 is 13.6 Å². The number of aryl methyl sites for hydroxylation is 1. The van der Waals surface area contributed by atoms with Gasteiger partial charge in [0.15, 0.2) is 0 Å². The largest absolute Gasteiger partial charge is 0.355 e. The molecule has 1 aliphatic rings. The summed E-state index contributed by atoms with van der Waals surface area (Å²) in [6.07, 6.45) is 1.54. The number of benzene rings is 3. The number of carbonyl (C=O) groups is 1. The van der Waals surface area contributed by atoms with Gasteiger partial charge in [0.1, 0.15) is 0 Å². The Labute approximate surface area is 169 Å². The van der Waals surface area contributed by atoms with Crippen LogP contribution in [-0.2, 0) is 4.79 Å². The van der Waals surface area contributed by atoms with E-state index in [0.717, 1.165) is 59.8 Å². The van der Waals surface area contributed by atoms with Crippen molar-refractivity contribution in [2.45, 2.75) is 38.7 Å². The van der Waals surface area contributed by atoms with Crippen LogP contribution in [0.5, 0.6) is 0 Å². The quantitative estimate of drug-likeness (QED) is 0.500. The first kappa shape index (κ1) is 19.4. The fraction of sp³-hybridized carbons (Fsp3) is 0.292. The van der Waals surface area contributed by atoms with E-state index in [1.165, 1.54) is 12.1 Å². The molecule has 0 aliphatic carbocycles. The lowest BCUT2D eigenvalue weighted by atomic mass is 9.89. The van der Waals surface area contributed by atoms with Gasteiger partial charge in [-0.1, -0.05) is 36.4 Å². The van der Waals surface area contributed by atoms with E-state index in [-0.39, 0.29) is 11.6 Å². The fourth-order valence-corrected chi connectivity index (χ4v) is 4.33. The maximum absolute atomic E-state index is 13.1. The monoisotopic (exact) mass is 394 g/mol. The molecule has 29 heavy (non-hydrogen) atoms. The number of alkyl halides is 2. The first-order valence-corrected chi connectivity index (χ1v) is 9.97. The average molecular weight is 394 g/mol. The average Bonchev–Trinajstić information content (AvgIpc) is 2.74. The van der Waals surface area contributed by atoms with Crippen molar-refractivity contribution in [2.75, 3.05) is 11.9 Å². The minimum absolute atomic E-state index is 0.00376. The van der Waals surface area contributed by atoms with Crippen LogP contribution in [0.1, 0.15) is 48.4 Å². The Morgan fingerprint density at radius 1 is 1.10 bits per heavy atom. The summed E-state index contributed by atoms with van der Waals surface area (Å²) in [5.41, 5.74) is 3.78. The molecular formula is C24H24F2N2O. The van der Waals surface area contributed by atoms with Crippen molar-refractivity contribution >= 4 is 28.6 Å². The van der Waals surface area contributed by atoms with Crippen LogP contribution in [0, 0.1) is 6.92 Å². The molecule has 1 aliphatic heterocycles. The number of hydrogen-bond donors (Lipinski definition) is 1. The van der Waals surface area contributed by atoms with E-state index < -0.39 is 6.43 Å². The number of rotatable bonds is 5. The van der Waals surface area contributed by atoms with Gasteiger partial charge in [-0.05, 0) is 60.9 Å². The molecule has 3 aromatic rings. The van der Waals surface area contributed by atoms with Gasteiger partial charge in [-0.3, -0.25) is 4.79 Å². The van der Waals surface area contributed by atoms with E-state index in [2.05, 4.69) is 24.4 Å². The molecule has 0 aromatic heterocycles. The molecule has 1 N–H and O–H groups in total. The number of nitrogens with zero attached hydrogens (tertiary/aromatic N) is 1. The maximum Gasteiger partial charge on any atom is 0.263 e. The van der Waals surface area contributed by atoms with Gasteiger partial charge in [0.05, 0.1) is 6.04 Å². The zero-order valence-corrected chi connectivity index (χ0v) is 16.4. The first-order chi connectivity index (χ1) is 14.1. The second-order valence-electron chi connectivity index (χ2n) is 7.61. The maximum atomic E-state index is 13.1. The highest BCUT2D eigenvalue weighted by Crippen LogP contribution is 2.39. The van der Waals surface area contributed by atoms with Crippen LogP contribution >= 0.6 is 0 Å². The summed E-state index contributed by atoms with van der Waals surface area (Å²) >= 11 is 0. The number of carbonyl (C=O) groups excluding carboxylic acids is 1. The van der Waals surface area contributed by atoms with Crippen LogP contribution in [0.3, 0.4) is 0 Å². The molecule has 0 bridgehead atoms. The number of halogens is 2. The Hall–Kier alpha value is -2.95. The van der Waals surface area contributed by atoms with Crippen LogP contribution in [0.15, 0.2) is 54.6 Å². The van der Waals surface area contributed by atoms with E-state index in [9.17, 15) is 13.6 Å². The third kappa shape index (κ3) is 3.82. The molecule has 1 amide bonds. The van der Waals surface area contributed by atoms with Gasteiger partial charge in [-0.2, -0.15) is 0 Å². The Kier molecular flexibility index (Phi) is 5.47. The molecule has 0 spiro atoms. The summed E-state index contributed by atoms with van der Waals surface area (Å²) in [6, 6.07) is 16.6. The van der Waals surface area contributed by atoms with E-state index in [0.29, 0.717) is 5.69 Å². The van der Waals surface area contributed by atoms with Crippen molar-refractivity contribution in [1.29, 1.82) is 0 Å². The topological polar surface area (TPSA) is 32.3 Å². The molecule has 1 atom stereocenters. The molecular weight excluding hydrogens is 370 g/mol. The zero-order valence-electron chi connectivity index (χ0n) is 16.4. The first-order valence-electron chi connectivity index (χ1n) is 9.97. The second kappa shape index (κ2) is 8.19. The van der Waals surface area contributed by atoms with E-state index in [4.69, 9.17) is 0 Å². The molecule has 1 saturated heterocycles. The second-order valence-corrected chi connectivity index (χ2v) is 7.61. The number of hydrogen-bond acceptors (Lipinski definition) is 2. The number of nitrogens with one attached hydrogen (secondary N) is 1. The number of piperidine rings is 1. The molecule has 4 rings (SSSR count). The molecule has 150 valence electrons. The smallest absolute Gasteiger partial charge is 0.263 e. The van der Waals surface area contributed by atoms with Gasteiger partial charge in [0, 0.05) is 28.9 Å². The summed E-state index contributed by atoms with van der Waals surface area (Å²) in [4.78, 5) is 13.5. The summed E-state index contributed by atoms with van der Waals surface area (Å²) in [6.45, 7) is 2.85. The molecule has 3 nitrogen and oxygen atoms in total. The number of amides is 1. The highest BCUT2D eigenvalue weighted by Gasteiger charge is 2.25. The van der Waals surface area contributed by atoms with Gasteiger partial charge in [-0.25, -0.2) is 8.78 Å². The lowest BCUT2D eigenvalue weighted by molar-refractivity contribution is -0.121. The highest BCUT2D eigenvalue weighted by atomic mass is 19.3.